The monoisotopic (exact) mass is 454 g/mol. The van der Waals surface area contributed by atoms with Gasteiger partial charge in [-0.25, -0.2) is 4.79 Å². The van der Waals surface area contributed by atoms with Gasteiger partial charge in [-0.15, -0.1) is 0 Å². The van der Waals surface area contributed by atoms with E-state index in [-0.39, 0.29) is 10.8 Å². The zero-order chi connectivity index (χ0) is 20.9. The van der Waals surface area contributed by atoms with Crippen LogP contribution in [0.5, 0.6) is 0 Å². The van der Waals surface area contributed by atoms with Crippen LogP contribution in [-0.4, -0.2) is 16.3 Å². The molecule has 0 saturated heterocycles. The summed E-state index contributed by atoms with van der Waals surface area (Å²) in [6.45, 7) is 3.80. The van der Waals surface area contributed by atoms with Crippen LogP contribution in [0.15, 0.2) is 0 Å². The Hall–Kier alpha value is -0.150. The number of hydrogen-bond acceptors (Lipinski definition) is 3. The van der Waals surface area contributed by atoms with Crippen LogP contribution in [0.3, 0.4) is 0 Å². The van der Waals surface area contributed by atoms with Gasteiger partial charge in [-0.05, 0) is 126 Å². The van der Waals surface area contributed by atoms with Crippen molar-refractivity contribution in [1.82, 2.24) is 0 Å². The van der Waals surface area contributed by atoms with Gasteiger partial charge in [-0.3, -0.25) is 0 Å². The standard InChI is InChI=1S/C25H36Cl2O3/c1-22(26,24-9-15-3-16(10-24)5-17(4-15)11-24)29-21(28)30-23(2,27)25-12-18-6-19(13-25)8-20(7-18)14-25/h15-20H,3-14H2,1-2H3. The van der Waals surface area contributed by atoms with Gasteiger partial charge in [-0.1, -0.05) is 23.2 Å². The summed E-state index contributed by atoms with van der Waals surface area (Å²) in [4.78, 5) is 13.0. The van der Waals surface area contributed by atoms with Crippen molar-refractivity contribution in [1.29, 1.82) is 0 Å². The Morgan fingerprint density at radius 2 is 0.867 bits per heavy atom. The average molecular weight is 455 g/mol. The Morgan fingerprint density at radius 1 is 0.633 bits per heavy atom. The van der Waals surface area contributed by atoms with Crippen molar-refractivity contribution >= 4 is 29.4 Å². The zero-order valence-corrected chi connectivity index (χ0v) is 19.9. The highest BCUT2D eigenvalue weighted by Crippen LogP contribution is 2.67. The highest BCUT2D eigenvalue weighted by atomic mass is 35.5. The first kappa shape index (κ1) is 20.5. The predicted octanol–water partition coefficient (Wildman–Crippen LogP) is 7.48. The first-order chi connectivity index (χ1) is 14.1. The Kier molecular flexibility index (Phi) is 4.41. The van der Waals surface area contributed by atoms with Crippen molar-refractivity contribution in [2.24, 2.45) is 46.3 Å². The van der Waals surface area contributed by atoms with Gasteiger partial charge in [0.2, 0.25) is 0 Å². The second-order valence-corrected chi connectivity index (χ2v) is 14.1. The van der Waals surface area contributed by atoms with Crippen molar-refractivity contribution in [3.63, 3.8) is 0 Å². The lowest BCUT2D eigenvalue weighted by Crippen LogP contribution is -2.58. The normalized spacial score (nSPS) is 52.0. The zero-order valence-electron chi connectivity index (χ0n) is 18.4. The summed E-state index contributed by atoms with van der Waals surface area (Å²) in [5.74, 6) is 4.50. The Morgan fingerprint density at radius 3 is 1.10 bits per heavy atom. The lowest BCUT2D eigenvalue weighted by Gasteiger charge is -2.61. The van der Waals surface area contributed by atoms with Crippen molar-refractivity contribution < 1.29 is 14.3 Å². The molecule has 5 heteroatoms. The van der Waals surface area contributed by atoms with E-state index in [4.69, 9.17) is 32.7 Å². The van der Waals surface area contributed by atoms with Crippen molar-refractivity contribution in [2.45, 2.75) is 101 Å². The van der Waals surface area contributed by atoms with E-state index in [0.29, 0.717) is 0 Å². The Bertz CT molecular complexity index is 612. The van der Waals surface area contributed by atoms with E-state index < -0.39 is 16.3 Å². The molecule has 0 N–H and O–H groups in total. The highest BCUT2D eigenvalue weighted by Gasteiger charge is 2.63. The van der Waals surface area contributed by atoms with E-state index in [9.17, 15) is 4.79 Å². The van der Waals surface area contributed by atoms with E-state index in [0.717, 1.165) is 74.0 Å². The molecule has 0 aliphatic heterocycles. The molecule has 8 bridgehead atoms. The van der Waals surface area contributed by atoms with Gasteiger partial charge in [0.25, 0.3) is 0 Å². The van der Waals surface area contributed by atoms with E-state index in [1.54, 1.807) is 0 Å². The summed E-state index contributed by atoms with van der Waals surface area (Å²) in [5, 5.41) is -2.04. The molecule has 0 aromatic carbocycles. The highest BCUT2D eigenvalue weighted by molar-refractivity contribution is 6.24. The van der Waals surface area contributed by atoms with Gasteiger partial charge in [0.15, 0.2) is 10.1 Å². The van der Waals surface area contributed by atoms with Crippen LogP contribution in [0.25, 0.3) is 0 Å². The van der Waals surface area contributed by atoms with Gasteiger partial charge < -0.3 is 9.47 Å². The minimum Gasteiger partial charge on any atom is -0.411 e. The molecule has 0 amide bonds. The molecule has 2 atom stereocenters. The van der Waals surface area contributed by atoms with E-state index in [1.165, 1.54) is 38.5 Å². The molecule has 0 radical (unpaired) electrons. The van der Waals surface area contributed by atoms with Gasteiger partial charge >= 0.3 is 6.16 Å². The summed E-state index contributed by atoms with van der Waals surface area (Å²) in [7, 11) is 0. The third kappa shape index (κ3) is 3.00. The summed E-state index contributed by atoms with van der Waals surface area (Å²) < 4.78 is 11.9. The maximum atomic E-state index is 13.0. The molecule has 0 spiro atoms. The average Bonchev–Trinajstić information content (AvgIpc) is 2.58. The molecule has 3 nitrogen and oxygen atoms in total. The fraction of sp³-hybridized carbons (Fsp3) is 0.960. The summed E-state index contributed by atoms with van der Waals surface area (Å²) >= 11 is 14.1. The lowest BCUT2D eigenvalue weighted by molar-refractivity contribution is -0.170. The largest absolute Gasteiger partial charge is 0.511 e. The molecule has 8 rings (SSSR count). The molecular formula is C25H36Cl2O3. The van der Waals surface area contributed by atoms with E-state index in [2.05, 4.69) is 0 Å². The smallest absolute Gasteiger partial charge is 0.411 e. The van der Waals surface area contributed by atoms with Crippen molar-refractivity contribution in [3.05, 3.63) is 0 Å². The lowest BCUT2D eigenvalue weighted by atomic mass is 9.48. The maximum Gasteiger partial charge on any atom is 0.511 e. The second kappa shape index (κ2) is 6.46. The SMILES string of the molecule is CC(Cl)(OC(=O)OC(C)(Cl)C12CC3CC(CC(C3)C1)C2)C12CC3CC(CC(C3)C1)C2. The molecule has 8 fully saturated rings. The molecular weight excluding hydrogens is 419 g/mol. The number of rotatable bonds is 4. The minimum atomic E-state index is -1.02. The topological polar surface area (TPSA) is 35.5 Å². The number of hydrogen-bond donors (Lipinski definition) is 0. The van der Waals surface area contributed by atoms with Crippen LogP contribution in [-0.2, 0) is 9.47 Å². The first-order valence-electron chi connectivity index (χ1n) is 12.4. The van der Waals surface area contributed by atoms with E-state index in [1.807, 2.05) is 13.8 Å². The number of carbonyl (C=O) groups is 1. The molecule has 168 valence electrons. The van der Waals surface area contributed by atoms with Crippen LogP contribution in [0.4, 0.5) is 4.79 Å². The number of ether oxygens (including phenoxy) is 2. The van der Waals surface area contributed by atoms with Crippen LogP contribution in [0, 0.1) is 46.3 Å². The Labute approximate surface area is 190 Å². The minimum absolute atomic E-state index is 0.105. The number of alkyl halides is 2. The molecule has 0 aromatic heterocycles. The molecule has 0 aromatic rings. The fourth-order valence-electron chi connectivity index (χ4n) is 9.87. The van der Waals surface area contributed by atoms with Crippen LogP contribution in [0.1, 0.15) is 90.9 Å². The van der Waals surface area contributed by atoms with Crippen LogP contribution >= 0.6 is 23.2 Å². The summed E-state index contributed by atoms with van der Waals surface area (Å²) in [6, 6.07) is 0. The van der Waals surface area contributed by atoms with Gasteiger partial charge in [0, 0.05) is 10.8 Å². The Balaban J connectivity index is 1.17. The van der Waals surface area contributed by atoms with Crippen molar-refractivity contribution in [2.75, 3.05) is 0 Å². The third-order valence-corrected chi connectivity index (χ3v) is 11.5. The summed E-state index contributed by atoms with van der Waals surface area (Å²) in [6.07, 6.45) is 13.8. The van der Waals surface area contributed by atoms with Crippen LogP contribution < -0.4 is 0 Å². The van der Waals surface area contributed by atoms with Gasteiger partial charge in [0.1, 0.15) is 0 Å². The van der Waals surface area contributed by atoms with Gasteiger partial charge in [-0.2, -0.15) is 0 Å². The molecule has 8 aliphatic carbocycles. The second-order valence-electron chi connectivity index (χ2n) is 12.7. The molecule has 2 unspecified atom stereocenters. The van der Waals surface area contributed by atoms with Gasteiger partial charge in [0.05, 0.1) is 0 Å². The first-order valence-corrected chi connectivity index (χ1v) is 13.1. The molecule has 30 heavy (non-hydrogen) atoms. The molecule has 0 heterocycles. The van der Waals surface area contributed by atoms with Crippen LogP contribution in [0.2, 0.25) is 0 Å². The number of halogens is 2. The maximum absolute atomic E-state index is 13.0. The number of carbonyl (C=O) groups excluding carboxylic acids is 1. The van der Waals surface area contributed by atoms with Crippen molar-refractivity contribution in [3.8, 4) is 0 Å². The quantitative estimate of drug-likeness (QED) is 0.326. The van der Waals surface area contributed by atoms with E-state index >= 15 is 0 Å². The third-order valence-electron chi connectivity index (χ3n) is 10.5. The molecule has 8 aliphatic rings. The predicted molar refractivity (Wildman–Crippen MR) is 117 cm³/mol. The summed E-state index contributed by atoms with van der Waals surface area (Å²) in [5.41, 5.74) is -0.211. The molecule has 8 saturated carbocycles. The fourth-order valence-corrected chi connectivity index (χ4v) is 10.5.